The zero-order valence-corrected chi connectivity index (χ0v) is 12.6. The van der Waals surface area contributed by atoms with E-state index in [1.54, 1.807) is 6.07 Å². The Morgan fingerprint density at radius 2 is 2.06 bits per heavy atom. The second kappa shape index (κ2) is 5.30. The minimum Gasteiger partial charge on any atom is -0.327 e. The first-order chi connectivity index (χ1) is 8.45. The molecule has 1 aromatic rings. The van der Waals surface area contributed by atoms with E-state index in [2.05, 4.69) is 29.8 Å². The van der Waals surface area contributed by atoms with Gasteiger partial charge in [-0.25, -0.2) is 4.39 Å². The van der Waals surface area contributed by atoms with Gasteiger partial charge in [-0.05, 0) is 42.9 Å². The van der Waals surface area contributed by atoms with E-state index in [-0.39, 0.29) is 17.3 Å². The summed E-state index contributed by atoms with van der Waals surface area (Å²) in [5, 5.41) is 0. The molecule has 0 amide bonds. The molecule has 1 saturated carbocycles. The van der Waals surface area contributed by atoms with E-state index >= 15 is 0 Å². The maximum absolute atomic E-state index is 14.2. The van der Waals surface area contributed by atoms with Crippen molar-refractivity contribution in [2.24, 2.45) is 11.7 Å². The van der Waals surface area contributed by atoms with Gasteiger partial charge in [-0.1, -0.05) is 42.3 Å². The summed E-state index contributed by atoms with van der Waals surface area (Å²) in [6.45, 7) is 4.34. The molecule has 0 aliphatic heterocycles. The summed E-state index contributed by atoms with van der Waals surface area (Å²) in [4.78, 5) is 0. The lowest BCUT2D eigenvalue weighted by molar-refractivity contribution is 0.172. The Kier molecular flexibility index (Phi) is 4.12. The fourth-order valence-electron chi connectivity index (χ4n) is 3.02. The van der Waals surface area contributed by atoms with E-state index in [0.29, 0.717) is 5.92 Å². The number of rotatable bonds is 4. The van der Waals surface area contributed by atoms with Crippen LogP contribution in [-0.4, -0.2) is 6.04 Å². The van der Waals surface area contributed by atoms with E-state index in [9.17, 15) is 4.39 Å². The first kappa shape index (κ1) is 14.0. The van der Waals surface area contributed by atoms with Gasteiger partial charge in [-0.15, -0.1) is 0 Å². The van der Waals surface area contributed by atoms with Crippen LogP contribution in [0.1, 0.15) is 45.1 Å². The van der Waals surface area contributed by atoms with Gasteiger partial charge in [0.2, 0.25) is 0 Å². The van der Waals surface area contributed by atoms with Crippen LogP contribution in [0.25, 0.3) is 0 Å². The van der Waals surface area contributed by atoms with Crippen molar-refractivity contribution < 1.29 is 4.39 Å². The molecule has 1 fully saturated rings. The molecular weight excluding hydrogens is 293 g/mol. The van der Waals surface area contributed by atoms with Crippen molar-refractivity contribution in [3.8, 4) is 0 Å². The van der Waals surface area contributed by atoms with E-state index in [4.69, 9.17) is 5.73 Å². The molecular formula is C15H21BrFN. The molecule has 1 unspecified atom stereocenters. The number of hydrogen-bond donors (Lipinski definition) is 1. The molecule has 1 atom stereocenters. The highest BCUT2D eigenvalue weighted by atomic mass is 79.9. The monoisotopic (exact) mass is 313 g/mol. The topological polar surface area (TPSA) is 26.0 Å². The number of hydrogen-bond acceptors (Lipinski definition) is 1. The van der Waals surface area contributed by atoms with E-state index in [0.717, 1.165) is 35.7 Å². The largest absolute Gasteiger partial charge is 0.327 e. The lowest BCUT2D eigenvalue weighted by Gasteiger charge is -2.47. The molecule has 0 heterocycles. The zero-order valence-electron chi connectivity index (χ0n) is 11.0. The van der Waals surface area contributed by atoms with Crippen LogP contribution in [0.3, 0.4) is 0 Å². The van der Waals surface area contributed by atoms with Crippen molar-refractivity contribution in [2.75, 3.05) is 0 Å². The maximum Gasteiger partial charge on any atom is 0.128 e. The van der Waals surface area contributed by atoms with Gasteiger partial charge in [-0.3, -0.25) is 0 Å². The minimum atomic E-state index is -0.130. The third-order valence-corrected chi connectivity index (χ3v) is 4.64. The van der Waals surface area contributed by atoms with E-state index in [1.807, 2.05) is 12.1 Å². The molecule has 1 aromatic carbocycles. The van der Waals surface area contributed by atoms with Gasteiger partial charge in [0.15, 0.2) is 0 Å². The average Bonchev–Trinajstić information content (AvgIpc) is 2.18. The summed E-state index contributed by atoms with van der Waals surface area (Å²) >= 11 is 3.31. The molecule has 0 spiro atoms. The lowest BCUT2D eigenvalue weighted by atomic mass is 9.59. The smallest absolute Gasteiger partial charge is 0.128 e. The second-order valence-corrected chi connectivity index (χ2v) is 6.79. The molecule has 3 heteroatoms. The van der Waals surface area contributed by atoms with Crippen LogP contribution >= 0.6 is 15.9 Å². The zero-order chi connectivity index (χ0) is 13.3. The predicted octanol–water partition coefficient (Wildman–Crippen LogP) is 4.38. The molecule has 1 aliphatic rings. The van der Waals surface area contributed by atoms with Crippen molar-refractivity contribution in [3.05, 3.63) is 34.1 Å². The first-order valence-electron chi connectivity index (χ1n) is 6.67. The molecule has 0 bridgehead atoms. The van der Waals surface area contributed by atoms with Crippen molar-refractivity contribution in [1.82, 2.24) is 0 Å². The van der Waals surface area contributed by atoms with Crippen molar-refractivity contribution in [3.63, 3.8) is 0 Å². The van der Waals surface area contributed by atoms with Crippen LogP contribution in [0.2, 0.25) is 0 Å². The van der Waals surface area contributed by atoms with Crippen LogP contribution in [0.15, 0.2) is 22.7 Å². The fourth-order valence-corrected chi connectivity index (χ4v) is 3.36. The molecule has 18 heavy (non-hydrogen) atoms. The Morgan fingerprint density at radius 1 is 1.39 bits per heavy atom. The lowest BCUT2D eigenvalue weighted by Crippen LogP contribution is -2.51. The van der Waals surface area contributed by atoms with E-state index in [1.165, 1.54) is 0 Å². The SMILES string of the molecule is CC(C)CC(N)C1(c2ccc(Br)cc2F)CCC1. The first-order valence-corrected chi connectivity index (χ1v) is 7.46. The summed E-state index contributed by atoms with van der Waals surface area (Å²) in [7, 11) is 0. The summed E-state index contributed by atoms with van der Waals surface area (Å²) in [5.41, 5.74) is 7.06. The van der Waals surface area contributed by atoms with Gasteiger partial charge in [0, 0.05) is 15.9 Å². The van der Waals surface area contributed by atoms with Crippen LogP contribution in [0, 0.1) is 11.7 Å². The second-order valence-electron chi connectivity index (χ2n) is 5.87. The van der Waals surface area contributed by atoms with Gasteiger partial charge in [-0.2, -0.15) is 0 Å². The van der Waals surface area contributed by atoms with Crippen LogP contribution in [0.5, 0.6) is 0 Å². The Morgan fingerprint density at radius 3 is 2.50 bits per heavy atom. The number of benzene rings is 1. The minimum absolute atomic E-state index is 0.0573. The Labute approximate surface area is 117 Å². The Bertz CT molecular complexity index is 427. The van der Waals surface area contributed by atoms with Gasteiger partial charge >= 0.3 is 0 Å². The van der Waals surface area contributed by atoms with Crippen LogP contribution < -0.4 is 5.73 Å². The molecule has 100 valence electrons. The summed E-state index contributed by atoms with van der Waals surface area (Å²) in [5.74, 6) is 0.430. The highest BCUT2D eigenvalue weighted by molar-refractivity contribution is 9.10. The van der Waals surface area contributed by atoms with Crippen molar-refractivity contribution in [2.45, 2.75) is 51.0 Å². The summed E-state index contributed by atoms with van der Waals surface area (Å²) in [6.07, 6.45) is 4.13. The summed E-state index contributed by atoms with van der Waals surface area (Å²) in [6, 6.07) is 5.43. The van der Waals surface area contributed by atoms with Gasteiger partial charge in [0.1, 0.15) is 5.82 Å². The molecule has 1 aliphatic carbocycles. The normalized spacial score (nSPS) is 19.7. The number of nitrogens with two attached hydrogens (primary N) is 1. The van der Waals surface area contributed by atoms with E-state index < -0.39 is 0 Å². The molecule has 2 N–H and O–H groups in total. The van der Waals surface area contributed by atoms with Crippen LogP contribution in [0.4, 0.5) is 4.39 Å². The highest BCUT2D eigenvalue weighted by Gasteiger charge is 2.45. The molecule has 0 saturated heterocycles. The summed E-state index contributed by atoms with van der Waals surface area (Å²) < 4.78 is 15.0. The molecule has 2 rings (SSSR count). The van der Waals surface area contributed by atoms with Crippen LogP contribution in [-0.2, 0) is 5.41 Å². The molecule has 0 radical (unpaired) electrons. The Hall–Kier alpha value is -0.410. The van der Waals surface area contributed by atoms with Gasteiger partial charge in [0.25, 0.3) is 0 Å². The van der Waals surface area contributed by atoms with Gasteiger partial charge in [0.05, 0.1) is 0 Å². The predicted molar refractivity (Wildman–Crippen MR) is 77.1 cm³/mol. The quantitative estimate of drug-likeness (QED) is 0.877. The molecule has 1 nitrogen and oxygen atoms in total. The number of halogens is 2. The fraction of sp³-hybridized carbons (Fsp3) is 0.600. The molecule has 0 aromatic heterocycles. The standard InChI is InChI=1S/C15H21BrFN/c1-10(2)8-14(18)15(6-3-7-15)12-5-4-11(16)9-13(12)17/h4-5,9-10,14H,3,6-8,18H2,1-2H3. The van der Waals surface area contributed by atoms with Crippen molar-refractivity contribution >= 4 is 15.9 Å². The highest BCUT2D eigenvalue weighted by Crippen LogP contribution is 2.48. The van der Waals surface area contributed by atoms with Gasteiger partial charge < -0.3 is 5.73 Å². The Balaban J connectivity index is 2.32. The average molecular weight is 314 g/mol. The maximum atomic E-state index is 14.2. The third kappa shape index (κ3) is 2.48. The van der Waals surface area contributed by atoms with Crippen molar-refractivity contribution in [1.29, 1.82) is 0 Å². The third-order valence-electron chi connectivity index (χ3n) is 4.15.